The molecular formula is C23H43N3. The van der Waals surface area contributed by atoms with Crippen LogP contribution in [-0.4, -0.2) is 36.6 Å². The van der Waals surface area contributed by atoms with E-state index in [0.717, 1.165) is 13.1 Å². The number of anilines is 2. The van der Waals surface area contributed by atoms with Crippen LogP contribution in [0.2, 0.25) is 0 Å². The average Bonchev–Trinajstić information content (AvgIpc) is 2.64. The Kier molecular flexibility index (Phi) is 12.2. The van der Waals surface area contributed by atoms with Crippen LogP contribution in [-0.2, 0) is 0 Å². The second-order valence-corrected chi connectivity index (χ2v) is 7.69. The largest absolute Gasteiger partial charge is 0.383 e. The third-order valence-corrected chi connectivity index (χ3v) is 5.21. The van der Waals surface area contributed by atoms with Gasteiger partial charge in [0.15, 0.2) is 0 Å². The van der Waals surface area contributed by atoms with E-state index in [4.69, 9.17) is 0 Å². The zero-order chi connectivity index (χ0) is 19.2. The molecule has 0 saturated heterocycles. The summed E-state index contributed by atoms with van der Waals surface area (Å²) in [5.74, 6) is 0. The minimum Gasteiger partial charge on any atom is -0.383 e. The first-order valence-electron chi connectivity index (χ1n) is 10.9. The summed E-state index contributed by atoms with van der Waals surface area (Å²) in [6, 6.07) is 9.87. The van der Waals surface area contributed by atoms with Gasteiger partial charge in [0.1, 0.15) is 0 Å². The molecule has 2 atom stereocenters. The average molecular weight is 362 g/mol. The molecule has 1 rings (SSSR count). The molecule has 2 N–H and O–H groups in total. The van der Waals surface area contributed by atoms with E-state index in [-0.39, 0.29) is 0 Å². The fourth-order valence-corrected chi connectivity index (χ4v) is 3.41. The van der Waals surface area contributed by atoms with Gasteiger partial charge < -0.3 is 15.5 Å². The number of nitrogens with zero attached hydrogens (tertiary/aromatic N) is 1. The quantitative estimate of drug-likeness (QED) is 0.355. The third-order valence-electron chi connectivity index (χ3n) is 5.21. The lowest BCUT2D eigenvalue weighted by atomic mass is 10.1. The van der Waals surface area contributed by atoms with Gasteiger partial charge in [-0.3, -0.25) is 0 Å². The van der Waals surface area contributed by atoms with E-state index in [0.29, 0.717) is 12.1 Å². The van der Waals surface area contributed by atoms with Gasteiger partial charge >= 0.3 is 0 Å². The molecule has 1 aromatic carbocycles. The molecule has 0 heterocycles. The Morgan fingerprint density at radius 1 is 0.731 bits per heavy atom. The third kappa shape index (κ3) is 10.1. The number of unbranched alkanes of at least 4 members (excludes halogenated alkanes) is 3. The Hall–Kier alpha value is -1.22. The maximum Gasteiger partial charge on any atom is 0.0343 e. The maximum absolute atomic E-state index is 3.63. The predicted octanol–water partition coefficient (Wildman–Crippen LogP) is 6.38. The molecule has 150 valence electrons. The highest BCUT2D eigenvalue weighted by Gasteiger charge is 2.05. The van der Waals surface area contributed by atoms with E-state index in [1.54, 1.807) is 0 Å². The van der Waals surface area contributed by atoms with Crippen LogP contribution in [0.4, 0.5) is 11.4 Å². The summed E-state index contributed by atoms with van der Waals surface area (Å²) in [7, 11) is 0. The SMILES string of the molecule is CCCCCC[C@@H](C)Nc1ccc(N[C@H](C)CCCN(CC)CC)cc1. The normalized spacial score (nSPS) is 13.6. The van der Waals surface area contributed by atoms with Crippen LogP contribution < -0.4 is 10.6 Å². The molecule has 0 unspecified atom stereocenters. The second-order valence-electron chi connectivity index (χ2n) is 7.69. The Balaban J connectivity index is 2.28. The highest BCUT2D eigenvalue weighted by atomic mass is 15.1. The molecular weight excluding hydrogens is 318 g/mol. The van der Waals surface area contributed by atoms with Crippen molar-refractivity contribution in [1.82, 2.24) is 4.90 Å². The van der Waals surface area contributed by atoms with Crippen LogP contribution in [0.5, 0.6) is 0 Å². The van der Waals surface area contributed by atoms with Crippen molar-refractivity contribution >= 4 is 11.4 Å². The summed E-state index contributed by atoms with van der Waals surface area (Å²) < 4.78 is 0. The molecule has 0 radical (unpaired) electrons. The number of nitrogens with one attached hydrogen (secondary N) is 2. The lowest BCUT2D eigenvalue weighted by Crippen LogP contribution is -2.25. The van der Waals surface area contributed by atoms with Crippen molar-refractivity contribution in [2.45, 2.75) is 91.6 Å². The highest BCUT2D eigenvalue weighted by Crippen LogP contribution is 2.17. The molecule has 0 fully saturated rings. The number of rotatable bonds is 15. The molecule has 0 bridgehead atoms. The lowest BCUT2D eigenvalue weighted by molar-refractivity contribution is 0.295. The predicted molar refractivity (Wildman–Crippen MR) is 118 cm³/mol. The second kappa shape index (κ2) is 13.9. The van der Waals surface area contributed by atoms with Gasteiger partial charge in [-0.15, -0.1) is 0 Å². The van der Waals surface area contributed by atoms with Crippen molar-refractivity contribution in [2.75, 3.05) is 30.3 Å². The van der Waals surface area contributed by atoms with Crippen LogP contribution in [0.15, 0.2) is 24.3 Å². The first-order valence-corrected chi connectivity index (χ1v) is 10.9. The molecule has 0 aliphatic heterocycles. The number of benzene rings is 1. The van der Waals surface area contributed by atoms with Crippen molar-refractivity contribution in [3.8, 4) is 0 Å². The summed E-state index contributed by atoms with van der Waals surface area (Å²) in [4.78, 5) is 2.50. The molecule has 0 aromatic heterocycles. The fourth-order valence-electron chi connectivity index (χ4n) is 3.41. The topological polar surface area (TPSA) is 27.3 Å². The lowest BCUT2D eigenvalue weighted by Gasteiger charge is -2.20. The van der Waals surface area contributed by atoms with E-state index in [9.17, 15) is 0 Å². The van der Waals surface area contributed by atoms with E-state index >= 15 is 0 Å². The molecule has 0 saturated carbocycles. The van der Waals surface area contributed by atoms with Crippen LogP contribution >= 0.6 is 0 Å². The molecule has 0 aliphatic carbocycles. The molecule has 0 spiro atoms. The maximum atomic E-state index is 3.63. The minimum atomic E-state index is 0.516. The van der Waals surface area contributed by atoms with Gasteiger partial charge in [0.2, 0.25) is 0 Å². The van der Waals surface area contributed by atoms with Gasteiger partial charge in [0.25, 0.3) is 0 Å². The molecule has 1 aromatic rings. The monoisotopic (exact) mass is 361 g/mol. The smallest absolute Gasteiger partial charge is 0.0343 e. The van der Waals surface area contributed by atoms with Crippen LogP contribution in [0.1, 0.15) is 79.6 Å². The number of hydrogen-bond donors (Lipinski definition) is 2. The Morgan fingerprint density at radius 2 is 1.23 bits per heavy atom. The number of hydrogen-bond acceptors (Lipinski definition) is 3. The first-order chi connectivity index (χ1) is 12.6. The van der Waals surface area contributed by atoms with E-state index in [2.05, 4.69) is 74.4 Å². The van der Waals surface area contributed by atoms with Gasteiger partial charge in [-0.05, 0) is 77.0 Å². The molecule has 0 aliphatic rings. The van der Waals surface area contributed by atoms with Crippen LogP contribution in [0.25, 0.3) is 0 Å². The minimum absolute atomic E-state index is 0.516. The Labute approximate surface area is 162 Å². The van der Waals surface area contributed by atoms with Crippen molar-refractivity contribution in [3.63, 3.8) is 0 Å². The highest BCUT2D eigenvalue weighted by molar-refractivity contribution is 5.54. The van der Waals surface area contributed by atoms with Gasteiger partial charge in [0, 0.05) is 23.5 Å². The fraction of sp³-hybridized carbons (Fsp3) is 0.739. The van der Waals surface area contributed by atoms with Crippen LogP contribution in [0.3, 0.4) is 0 Å². The molecule has 3 heteroatoms. The van der Waals surface area contributed by atoms with Crippen molar-refractivity contribution in [2.24, 2.45) is 0 Å². The van der Waals surface area contributed by atoms with Crippen molar-refractivity contribution < 1.29 is 0 Å². The van der Waals surface area contributed by atoms with E-state index < -0.39 is 0 Å². The Bertz CT molecular complexity index is 439. The van der Waals surface area contributed by atoms with Crippen molar-refractivity contribution in [3.05, 3.63) is 24.3 Å². The van der Waals surface area contributed by atoms with E-state index in [1.807, 2.05) is 0 Å². The summed E-state index contributed by atoms with van der Waals surface area (Å²) in [5, 5.41) is 7.26. The van der Waals surface area contributed by atoms with E-state index in [1.165, 1.54) is 62.9 Å². The standard InChI is InChI=1S/C23H43N3/c1-6-9-10-11-13-20(4)24-22-15-17-23(18-16-22)25-21(5)14-12-19-26(7-2)8-3/h15-18,20-21,24-25H,6-14,19H2,1-5H3/t20-,21-/m1/s1. The molecule has 3 nitrogen and oxygen atoms in total. The summed E-state index contributed by atoms with van der Waals surface area (Å²) in [6.07, 6.45) is 9.08. The summed E-state index contributed by atoms with van der Waals surface area (Å²) in [5.41, 5.74) is 2.45. The zero-order valence-corrected chi connectivity index (χ0v) is 18.0. The van der Waals surface area contributed by atoms with Crippen LogP contribution in [0, 0.1) is 0 Å². The Morgan fingerprint density at radius 3 is 1.69 bits per heavy atom. The van der Waals surface area contributed by atoms with Gasteiger partial charge in [-0.25, -0.2) is 0 Å². The molecule has 0 amide bonds. The van der Waals surface area contributed by atoms with Gasteiger partial charge in [-0.2, -0.15) is 0 Å². The molecule has 26 heavy (non-hydrogen) atoms. The summed E-state index contributed by atoms with van der Waals surface area (Å²) in [6.45, 7) is 14.8. The summed E-state index contributed by atoms with van der Waals surface area (Å²) >= 11 is 0. The first kappa shape index (κ1) is 22.8. The van der Waals surface area contributed by atoms with Gasteiger partial charge in [0.05, 0.1) is 0 Å². The zero-order valence-electron chi connectivity index (χ0n) is 18.0. The van der Waals surface area contributed by atoms with Crippen molar-refractivity contribution in [1.29, 1.82) is 0 Å². The van der Waals surface area contributed by atoms with Gasteiger partial charge in [-0.1, -0.05) is 46.5 Å².